The Morgan fingerprint density at radius 2 is 1.97 bits per heavy atom. The number of hydrogen-bond acceptors (Lipinski definition) is 6. The van der Waals surface area contributed by atoms with Crippen LogP contribution in [0.5, 0.6) is 0 Å². The Hall–Kier alpha value is -2.29. The summed E-state index contributed by atoms with van der Waals surface area (Å²) < 4.78 is 0. The van der Waals surface area contributed by atoms with E-state index in [1.54, 1.807) is 19.2 Å². The molecule has 0 aliphatic carbocycles. The molecule has 30 heavy (non-hydrogen) atoms. The number of urea groups is 1. The smallest absolute Gasteiger partial charge is 0.325 e. The Morgan fingerprint density at radius 1 is 1.23 bits per heavy atom. The van der Waals surface area contributed by atoms with Crippen molar-refractivity contribution in [3.05, 3.63) is 46.5 Å². The van der Waals surface area contributed by atoms with Crippen LogP contribution in [0.25, 0.3) is 0 Å². The third-order valence-corrected chi connectivity index (χ3v) is 6.32. The molecule has 8 nitrogen and oxygen atoms in total. The number of hydrogen-bond donors (Lipinski definition) is 1. The SMILES string of the molecule is C=CCN1CCN(C2=NC3C(C(=O)NC(=O)N3C)N2Cc2ccc(Cl)cc2Cl)CC1. The lowest BCUT2D eigenvalue weighted by molar-refractivity contribution is -0.127. The second kappa shape index (κ2) is 8.45. The number of halogens is 2. The fraction of sp³-hybridized carbons (Fsp3) is 0.450. The summed E-state index contributed by atoms with van der Waals surface area (Å²) in [6.07, 6.45) is 1.33. The highest BCUT2D eigenvalue weighted by Crippen LogP contribution is 2.30. The minimum Gasteiger partial charge on any atom is -0.340 e. The number of aliphatic imine (C=N–C) groups is 1. The Labute approximate surface area is 185 Å². The number of fused-ring (bicyclic) bond motifs is 1. The standard InChI is InChI=1S/C20H24Cl2N6O2/c1-3-6-26-7-9-27(10-8-26)19-23-17-16(18(29)24-20(30)25(17)2)28(19)12-13-4-5-14(21)11-15(13)22/h3-5,11,16-17H,1,6-10,12H2,2H3,(H,24,29,30). The molecule has 0 saturated carbocycles. The third kappa shape index (κ3) is 3.87. The van der Waals surface area contributed by atoms with E-state index in [0.717, 1.165) is 38.3 Å². The van der Waals surface area contributed by atoms with Crippen molar-refractivity contribution in [3.8, 4) is 0 Å². The first-order chi connectivity index (χ1) is 14.4. The predicted molar refractivity (Wildman–Crippen MR) is 117 cm³/mol. The van der Waals surface area contributed by atoms with Gasteiger partial charge in [0.25, 0.3) is 5.91 Å². The van der Waals surface area contributed by atoms with E-state index in [-0.39, 0.29) is 5.91 Å². The van der Waals surface area contributed by atoms with Crippen LogP contribution in [0.2, 0.25) is 10.0 Å². The summed E-state index contributed by atoms with van der Waals surface area (Å²) >= 11 is 12.5. The lowest BCUT2D eigenvalue weighted by atomic mass is 10.1. The van der Waals surface area contributed by atoms with Crippen molar-refractivity contribution < 1.29 is 9.59 Å². The van der Waals surface area contributed by atoms with Gasteiger partial charge in [0, 0.05) is 56.4 Å². The number of carbonyl (C=O) groups excluding carboxylic acids is 2. The van der Waals surface area contributed by atoms with Gasteiger partial charge in [0.2, 0.25) is 0 Å². The molecule has 1 aromatic rings. The molecule has 3 amide bonds. The first-order valence-corrected chi connectivity index (χ1v) is 10.6. The van der Waals surface area contributed by atoms with Crippen LogP contribution in [-0.2, 0) is 11.3 Å². The van der Waals surface area contributed by atoms with E-state index in [0.29, 0.717) is 22.5 Å². The van der Waals surface area contributed by atoms with Gasteiger partial charge < -0.3 is 14.7 Å². The Morgan fingerprint density at radius 3 is 2.63 bits per heavy atom. The number of nitrogens with one attached hydrogen (secondary N) is 1. The van der Waals surface area contributed by atoms with E-state index in [2.05, 4.69) is 21.7 Å². The van der Waals surface area contributed by atoms with E-state index in [1.165, 1.54) is 4.90 Å². The van der Waals surface area contributed by atoms with E-state index in [9.17, 15) is 9.59 Å². The van der Waals surface area contributed by atoms with Gasteiger partial charge >= 0.3 is 6.03 Å². The molecule has 160 valence electrons. The summed E-state index contributed by atoms with van der Waals surface area (Å²) in [6, 6.07) is 4.27. The van der Waals surface area contributed by atoms with Gasteiger partial charge in [0.15, 0.2) is 18.2 Å². The van der Waals surface area contributed by atoms with Crippen LogP contribution in [0.15, 0.2) is 35.8 Å². The van der Waals surface area contributed by atoms with Gasteiger partial charge in [0.05, 0.1) is 0 Å². The number of imide groups is 1. The molecule has 2 fully saturated rings. The van der Waals surface area contributed by atoms with Crippen LogP contribution < -0.4 is 5.32 Å². The second-order valence-electron chi connectivity index (χ2n) is 7.63. The summed E-state index contributed by atoms with van der Waals surface area (Å²) in [5.41, 5.74) is 0.840. The summed E-state index contributed by atoms with van der Waals surface area (Å²) in [4.78, 5) is 37.6. The maximum atomic E-state index is 12.8. The van der Waals surface area contributed by atoms with Crippen LogP contribution in [0.1, 0.15) is 5.56 Å². The maximum absolute atomic E-state index is 12.8. The highest BCUT2D eigenvalue weighted by molar-refractivity contribution is 6.35. The fourth-order valence-corrected chi connectivity index (χ4v) is 4.56. The molecular formula is C20H24Cl2N6O2. The lowest BCUT2D eigenvalue weighted by Gasteiger charge is -2.40. The van der Waals surface area contributed by atoms with E-state index < -0.39 is 18.2 Å². The Balaban J connectivity index is 1.63. The molecule has 1 N–H and O–H groups in total. The zero-order valence-electron chi connectivity index (χ0n) is 16.7. The molecule has 3 aliphatic rings. The van der Waals surface area contributed by atoms with Gasteiger partial charge in [-0.05, 0) is 17.7 Å². The van der Waals surface area contributed by atoms with E-state index >= 15 is 0 Å². The number of benzene rings is 1. The fourth-order valence-electron chi connectivity index (χ4n) is 4.09. The average Bonchev–Trinajstić information content (AvgIpc) is 3.09. The predicted octanol–water partition coefficient (Wildman–Crippen LogP) is 1.84. The van der Waals surface area contributed by atoms with Crippen LogP contribution in [0.3, 0.4) is 0 Å². The zero-order chi connectivity index (χ0) is 21.4. The highest BCUT2D eigenvalue weighted by Gasteiger charge is 2.49. The molecule has 2 atom stereocenters. The van der Waals surface area contributed by atoms with Crippen molar-refractivity contribution in [2.45, 2.75) is 18.8 Å². The monoisotopic (exact) mass is 450 g/mol. The third-order valence-electron chi connectivity index (χ3n) is 5.74. The molecular weight excluding hydrogens is 427 g/mol. The number of amides is 3. The van der Waals surface area contributed by atoms with Crippen molar-refractivity contribution in [3.63, 3.8) is 0 Å². The first kappa shape index (κ1) is 21.0. The van der Waals surface area contributed by atoms with Crippen molar-refractivity contribution in [1.29, 1.82) is 0 Å². The van der Waals surface area contributed by atoms with Crippen molar-refractivity contribution >= 4 is 41.1 Å². The number of piperazine rings is 1. The van der Waals surface area contributed by atoms with E-state index in [1.807, 2.05) is 17.0 Å². The second-order valence-corrected chi connectivity index (χ2v) is 8.48. The molecule has 0 bridgehead atoms. The summed E-state index contributed by atoms with van der Waals surface area (Å²) in [5.74, 6) is 0.364. The quantitative estimate of drug-likeness (QED) is 0.708. The molecule has 3 heterocycles. The topological polar surface area (TPSA) is 71.5 Å². The summed E-state index contributed by atoms with van der Waals surface area (Å²) in [6.45, 7) is 8.33. The zero-order valence-corrected chi connectivity index (χ0v) is 18.2. The van der Waals surface area contributed by atoms with Crippen LogP contribution in [0.4, 0.5) is 4.79 Å². The summed E-state index contributed by atoms with van der Waals surface area (Å²) in [5, 5.41) is 3.51. The number of nitrogens with zero attached hydrogens (tertiary/aromatic N) is 5. The van der Waals surface area contributed by atoms with Crippen molar-refractivity contribution in [2.75, 3.05) is 39.8 Å². The van der Waals surface area contributed by atoms with Gasteiger partial charge in [-0.15, -0.1) is 6.58 Å². The van der Waals surface area contributed by atoms with Crippen LogP contribution in [0, 0.1) is 0 Å². The Bertz CT molecular complexity index is 899. The molecule has 0 spiro atoms. The van der Waals surface area contributed by atoms with Gasteiger partial charge in [-0.3, -0.25) is 15.0 Å². The molecule has 3 aliphatic heterocycles. The van der Waals surface area contributed by atoms with Gasteiger partial charge in [-0.25, -0.2) is 9.79 Å². The van der Waals surface area contributed by atoms with Gasteiger partial charge in [-0.2, -0.15) is 0 Å². The first-order valence-electron chi connectivity index (χ1n) is 9.83. The van der Waals surface area contributed by atoms with Crippen LogP contribution in [-0.4, -0.2) is 89.5 Å². The van der Waals surface area contributed by atoms with Crippen molar-refractivity contribution in [2.24, 2.45) is 4.99 Å². The minimum atomic E-state index is -0.611. The lowest BCUT2D eigenvalue weighted by Crippen LogP contribution is -2.64. The molecule has 1 aromatic carbocycles. The largest absolute Gasteiger partial charge is 0.340 e. The summed E-state index contributed by atoms with van der Waals surface area (Å²) in [7, 11) is 1.65. The molecule has 10 heteroatoms. The van der Waals surface area contributed by atoms with Gasteiger partial charge in [0.1, 0.15) is 0 Å². The molecule has 0 radical (unpaired) electrons. The molecule has 4 rings (SSSR count). The minimum absolute atomic E-state index is 0.350. The van der Waals surface area contributed by atoms with Crippen LogP contribution >= 0.6 is 23.2 Å². The number of carbonyl (C=O) groups is 2. The molecule has 0 aromatic heterocycles. The number of rotatable bonds is 4. The number of guanidine groups is 1. The highest BCUT2D eigenvalue weighted by atomic mass is 35.5. The average molecular weight is 451 g/mol. The van der Waals surface area contributed by atoms with E-state index in [4.69, 9.17) is 28.2 Å². The molecule has 2 saturated heterocycles. The maximum Gasteiger partial charge on any atom is 0.325 e. The van der Waals surface area contributed by atoms with Gasteiger partial charge in [-0.1, -0.05) is 35.3 Å². The van der Waals surface area contributed by atoms with Crippen molar-refractivity contribution in [1.82, 2.24) is 24.9 Å². The Kier molecular flexibility index (Phi) is 5.90. The number of likely N-dealkylation sites (N-methyl/N-ethyl adjacent to an activating group) is 1. The normalized spacial score (nSPS) is 24.6. The molecule has 2 unspecified atom stereocenters.